The molecule has 148 valence electrons. The quantitative estimate of drug-likeness (QED) is 0.690. The fraction of sp³-hybridized carbons (Fsp3) is 0.368. The summed E-state index contributed by atoms with van der Waals surface area (Å²) in [6.45, 7) is 7.23. The van der Waals surface area contributed by atoms with E-state index < -0.39 is 17.7 Å². The molecule has 0 aliphatic heterocycles. The number of halogens is 1. The van der Waals surface area contributed by atoms with E-state index >= 15 is 0 Å². The zero-order valence-corrected chi connectivity index (χ0v) is 16.9. The van der Waals surface area contributed by atoms with Crippen LogP contribution in [0.1, 0.15) is 46.0 Å². The van der Waals surface area contributed by atoms with E-state index in [1.807, 2.05) is 6.92 Å². The van der Waals surface area contributed by atoms with Gasteiger partial charge in [0, 0.05) is 6.07 Å². The Balaban J connectivity index is 2.17. The van der Waals surface area contributed by atoms with Crippen molar-refractivity contribution in [3.63, 3.8) is 0 Å². The highest BCUT2D eigenvalue weighted by Gasteiger charge is 2.25. The monoisotopic (exact) mass is 403 g/mol. The summed E-state index contributed by atoms with van der Waals surface area (Å²) < 4.78 is 6.73. The molecule has 8 nitrogen and oxygen atoms in total. The van der Waals surface area contributed by atoms with Gasteiger partial charge in [0.1, 0.15) is 17.2 Å². The molecule has 0 fully saturated rings. The van der Waals surface area contributed by atoms with Gasteiger partial charge >= 0.3 is 6.09 Å². The molecule has 0 aliphatic rings. The Morgan fingerprint density at radius 3 is 2.71 bits per heavy atom. The van der Waals surface area contributed by atoms with Gasteiger partial charge in [-0.2, -0.15) is 5.10 Å². The molecular formula is C19H22ClN5O3. The van der Waals surface area contributed by atoms with Crippen molar-refractivity contribution >= 4 is 28.6 Å². The number of rotatable bonds is 4. The first-order chi connectivity index (χ1) is 13.2. The Bertz CT molecular complexity index is 1050. The van der Waals surface area contributed by atoms with Crippen LogP contribution >= 0.6 is 11.6 Å². The molecule has 0 unspecified atom stereocenters. The van der Waals surface area contributed by atoms with Crippen molar-refractivity contribution in [1.29, 1.82) is 0 Å². The third kappa shape index (κ3) is 4.01. The lowest BCUT2D eigenvalue weighted by atomic mass is 10.1. The lowest BCUT2D eigenvalue weighted by molar-refractivity contribution is 0.0499. The van der Waals surface area contributed by atoms with Gasteiger partial charge in [0.15, 0.2) is 0 Å². The number of fused-ring (bicyclic) bond motifs is 1. The number of benzene rings is 1. The first kappa shape index (κ1) is 19.9. The molecule has 2 aromatic heterocycles. The topological polar surface area (TPSA) is 102 Å². The van der Waals surface area contributed by atoms with Crippen LogP contribution in [0.2, 0.25) is 5.02 Å². The van der Waals surface area contributed by atoms with Gasteiger partial charge in [-0.1, -0.05) is 24.6 Å². The summed E-state index contributed by atoms with van der Waals surface area (Å²) >= 11 is 6.25. The molecule has 0 bridgehead atoms. The number of alkyl carbamates (subject to hydrolysis) is 1. The number of hydrogen-bond acceptors (Lipinski definition) is 5. The third-order valence-electron chi connectivity index (χ3n) is 4.01. The molecule has 0 saturated heterocycles. The zero-order valence-electron chi connectivity index (χ0n) is 16.1. The highest BCUT2D eigenvalue weighted by Crippen LogP contribution is 2.23. The number of amides is 1. The van der Waals surface area contributed by atoms with E-state index in [9.17, 15) is 9.59 Å². The summed E-state index contributed by atoms with van der Waals surface area (Å²) in [5.74, 6) is 0.788. The smallest absolute Gasteiger partial charge is 0.408 e. The molecule has 2 N–H and O–H groups in total. The minimum absolute atomic E-state index is 0.301. The lowest BCUT2D eigenvalue weighted by Gasteiger charge is -2.24. The molecule has 0 radical (unpaired) electrons. The summed E-state index contributed by atoms with van der Waals surface area (Å²) in [4.78, 5) is 30.2. The Kier molecular flexibility index (Phi) is 5.42. The Hall–Kier alpha value is -2.87. The second-order valence-electron chi connectivity index (χ2n) is 7.29. The van der Waals surface area contributed by atoms with Gasteiger partial charge in [0.2, 0.25) is 0 Å². The Labute approximate surface area is 166 Å². The second-order valence-corrected chi connectivity index (χ2v) is 7.70. The van der Waals surface area contributed by atoms with Gasteiger partial charge in [-0.15, -0.1) is 0 Å². The number of ether oxygens (including phenoxy) is 1. The molecule has 3 aromatic rings. The van der Waals surface area contributed by atoms with Gasteiger partial charge in [0.05, 0.1) is 28.2 Å². The number of carbonyl (C=O) groups is 1. The SMILES string of the molecule is CC[C@H](NC(=O)OC(C)(C)C)c1nc2cccc(Cl)c2c(=O)n1-c1ccn[nH]1. The van der Waals surface area contributed by atoms with Crippen molar-refractivity contribution in [1.82, 2.24) is 25.1 Å². The summed E-state index contributed by atoms with van der Waals surface area (Å²) in [7, 11) is 0. The number of nitrogens with one attached hydrogen (secondary N) is 2. The number of carbonyl (C=O) groups excluding carboxylic acids is 1. The Morgan fingerprint density at radius 2 is 2.11 bits per heavy atom. The predicted octanol–water partition coefficient (Wildman–Crippen LogP) is 3.74. The van der Waals surface area contributed by atoms with Crippen molar-refractivity contribution < 1.29 is 9.53 Å². The van der Waals surface area contributed by atoms with Crippen LogP contribution in [0.15, 0.2) is 35.3 Å². The normalized spacial score (nSPS) is 12.8. The van der Waals surface area contributed by atoms with Crippen LogP contribution in [0.25, 0.3) is 16.7 Å². The van der Waals surface area contributed by atoms with E-state index in [-0.39, 0.29) is 5.56 Å². The maximum Gasteiger partial charge on any atom is 0.408 e. The van der Waals surface area contributed by atoms with Gasteiger partial charge in [-0.3, -0.25) is 9.89 Å². The molecule has 2 heterocycles. The fourth-order valence-electron chi connectivity index (χ4n) is 2.85. The molecule has 28 heavy (non-hydrogen) atoms. The van der Waals surface area contributed by atoms with E-state index in [4.69, 9.17) is 16.3 Å². The minimum atomic E-state index is -0.643. The number of hydrogen-bond donors (Lipinski definition) is 2. The van der Waals surface area contributed by atoms with Gasteiger partial charge in [-0.05, 0) is 39.3 Å². The lowest BCUT2D eigenvalue weighted by Crippen LogP contribution is -2.37. The van der Waals surface area contributed by atoms with Crippen molar-refractivity contribution in [3.8, 4) is 5.82 Å². The molecule has 9 heteroatoms. The Morgan fingerprint density at radius 1 is 1.36 bits per heavy atom. The summed E-state index contributed by atoms with van der Waals surface area (Å²) in [5.41, 5.74) is -0.539. The van der Waals surface area contributed by atoms with Crippen LogP contribution in [0, 0.1) is 0 Å². The van der Waals surface area contributed by atoms with Crippen molar-refractivity contribution in [3.05, 3.63) is 51.7 Å². The predicted molar refractivity (Wildman–Crippen MR) is 107 cm³/mol. The zero-order chi connectivity index (χ0) is 20.5. The average Bonchev–Trinajstić information content (AvgIpc) is 3.12. The van der Waals surface area contributed by atoms with Gasteiger partial charge in [0.25, 0.3) is 5.56 Å². The standard InChI is InChI=1S/C19H22ClN5O3/c1-5-12(23-18(27)28-19(2,3)4)16-22-13-8-6-7-11(20)15(13)17(26)25(16)14-9-10-21-24-14/h6-10,12H,5H2,1-4H3,(H,21,24)(H,23,27)/t12-/m0/s1. The number of aromatic amines is 1. The van der Waals surface area contributed by atoms with E-state index in [1.165, 1.54) is 10.8 Å². The number of aromatic nitrogens is 4. The molecule has 1 amide bonds. The van der Waals surface area contributed by atoms with E-state index in [0.29, 0.717) is 34.0 Å². The molecule has 0 aliphatic carbocycles. The van der Waals surface area contributed by atoms with Gasteiger partial charge < -0.3 is 10.1 Å². The summed E-state index contributed by atoms with van der Waals surface area (Å²) in [6.07, 6.45) is 1.44. The van der Waals surface area contributed by atoms with Crippen LogP contribution in [0.5, 0.6) is 0 Å². The average molecular weight is 404 g/mol. The van der Waals surface area contributed by atoms with E-state index in [2.05, 4.69) is 20.5 Å². The fourth-order valence-corrected chi connectivity index (χ4v) is 3.10. The molecule has 3 rings (SSSR count). The maximum absolute atomic E-state index is 13.3. The highest BCUT2D eigenvalue weighted by molar-refractivity contribution is 6.35. The molecule has 0 saturated carbocycles. The maximum atomic E-state index is 13.3. The second kappa shape index (κ2) is 7.63. The van der Waals surface area contributed by atoms with E-state index in [0.717, 1.165) is 0 Å². The van der Waals surface area contributed by atoms with Crippen LogP contribution in [0.3, 0.4) is 0 Å². The number of nitrogens with zero attached hydrogens (tertiary/aromatic N) is 3. The van der Waals surface area contributed by atoms with Crippen molar-refractivity contribution in [2.45, 2.75) is 45.8 Å². The molecule has 0 spiro atoms. The van der Waals surface area contributed by atoms with Crippen LogP contribution in [-0.2, 0) is 4.74 Å². The van der Waals surface area contributed by atoms with Crippen LogP contribution < -0.4 is 10.9 Å². The number of H-pyrrole nitrogens is 1. The minimum Gasteiger partial charge on any atom is -0.444 e. The summed E-state index contributed by atoms with van der Waals surface area (Å²) in [6, 6.07) is 6.16. The van der Waals surface area contributed by atoms with Gasteiger partial charge in [-0.25, -0.2) is 14.3 Å². The summed E-state index contributed by atoms with van der Waals surface area (Å²) in [5, 5.41) is 10.1. The first-order valence-electron chi connectivity index (χ1n) is 8.91. The molecule has 1 aromatic carbocycles. The first-order valence-corrected chi connectivity index (χ1v) is 9.29. The third-order valence-corrected chi connectivity index (χ3v) is 4.33. The molecular weight excluding hydrogens is 382 g/mol. The van der Waals surface area contributed by atoms with E-state index in [1.54, 1.807) is 45.0 Å². The molecule has 1 atom stereocenters. The highest BCUT2D eigenvalue weighted by atomic mass is 35.5. The van der Waals surface area contributed by atoms with Crippen LogP contribution in [0.4, 0.5) is 4.79 Å². The van der Waals surface area contributed by atoms with Crippen molar-refractivity contribution in [2.24, 2.45) is 0 Å². The van der Waals surface area contributed by atoms with Crippen LogP contribution in [-0.4, -0.2) is 31.4 Å². The van der Waals surface area contributed by atoms with Crippen molar-refractivity contribution in [2.75, 3.05) is 0 Å². The largest absolute Gasteiger partial charge is 0.444 e.